The van der Waals surface area contributed by atoms with Crippen LogP contribution in [0.5, 0.6) is 11.5 Å². The lowest BCUT2D eigenvalue weighted by molar-refractivity contribution is 0.0939. The number of fused-ring (bicyclic) bond motifs is 1. The number of nitrogens with two attached hydrogens (primary N) is 1. The smallest absolute Gasteiger partial charge is 0.255 e. The van der Waals surface area contributed by atoms with Gasteiger partial charge in [-0.3, -0.25) is 9.59 Å². The maximum Gasteiger partial charge on any atom is 0.255 e. The zero-order valence-electron chi connectivity index (χ0n) is 17.8. The molecule has 1 aliphatic carbocycles. The minimum absolute atomic E-state index is 0.0911. The first-order chi connectivity index (χ1) is 15.0. The second-order valence-electron chi connectivity index (χ2n) is 8.40. The lowest BCUT2D eigenvalue weighted by Crippen LogP contribution is -2.33. The monoisotopic (exact) mass is 423 g/mol. The van der Waals surface area contributed by atoms with E-state index >= 15 is 0 Å². The third kappa shape index (κ3) is 4.99. The Morgan fingerprint density at radius 3 is 2.55 bits per heavy atom. The van der Waals surface area contributed by atoms with E-state index in [1.54, 1.807) is 36.4 Å². The van der Waals surface area contributed by atoms with Crippen LogP contribution in [0.4, 0.5) is 5.69 Å². The molecule has 0 radical (unpaired) electrons. The minimum atomic E-state index is -0.245. The number of carbonyl (C=O) groups excluding carboxylic acids is 2. The molecule has 1 aliphatic heterocycles. The molecule has 164 valence electrons. The Kier molecular flexibility index (Phi) is 6.42. The number of hydrogen-bond acceptors (Lipinski definition) is 5. The Hall–Kier alpha value is -3.06. The van der Waals surface area contributed by atoms with Gasteiger partial charge in [-0.05, 0) is 86.5 Å². The van der Waals surface area contributed by atoms with Gasteiger partial charge in [0.2, 0.25) is 6.79 Å². The Bertz CT molecular complexity index is 975. The number of benzene rings is 2. The molecule has 1 heterocycles. The van der Waals surface area contributed by atoms with Gasteiger partial charge in [-0.15, -0.1) is 0 Å². The van der Waals surface area contributed by atoms with Crippen molar-refractivity contribution in [2.45, 2.75) is 32.6 Å². The average Bonchev–Trinajstić information content (AvgIpc) is 3.26. The number of carbonyl (C=O) groups is 2. The van der Waals surface area contributed by atoms with E-state index in [4.69, 9.17) is 15.2 Å². The summed E-state index contributed by atoms with van der Waals surface area (Å²) < 4.78 is 10.6. The van der Waals surface area contributed by atoms with Crippen LogP contribution in [0.3, 0.4) is 0 Å². The number of aryl methyl sites for hydroxylation is 1. The second-order valence-corrected chi connectivity index (χ2v) is 8.40. The lowest BCUT2D eigenvalue weighted by atomic mass is 9.81. The Morgan fingerprint density at radius 2 is 1.74 bits per heavy atom. The van der Waals surface area contributed by atoms with Gasteiger partial charge in [0.05, 0.1) is 0 Å². The molecule has 0 saturated heterocycles. The highest BCUT2D eigenvalue weighted by Gasteiger charge is 2.22. The van der Waals surface area contributed by atoms with Crippen molar-refractivity contribution in [3.05, 3.63) is 53.1 Å². The van der Waals surface area contributed by atoms with Crippen molar-refractivity contribution in [2.75, 3.05) is 25.2 Å². The molecule has 2 amide bonds. The second kappa shape index (κ2) is 9.39. The first kappa shape index (κ1) is 21.2. The van der Waals surface area contributed by atoms with Crippen LogP contribution < -0.4 is 25.8 Å². The standard InChI is InChI=1S/C24H29N3O4/c1-15-9-18(23(28)26-13-17-4-2-3-16(10-17)12-25)5-7-20(15)27-24(29)19-6-8-21-22(11-19)31-14-30-21/h5-9,11,16-17H,2-4,10,12-14,25H2,1H3,(H,26,28)(H,27,29). The first-order valence-electron chi connectivity index (χ1n) is 10.8. The van der Waals surface area contributed by atoms with Gasteiger partial charge in [0.1, 0.15) is 0 Å². The summed E-state index contributed by atoms with van der Waals surface area (Å²) in [5.41, 5.74) is 8.36. The molecule has 4 rings (SSSR count). The minimum Gasteiger partial charge on any atom is -0.454 e. The topological polar surface area (TPSA) is 103 Å². The fourth-order valence-electron chi connectivity index (χ4n) is 4.32. The lowest BCUT2D eigenvalue weighted by Gasteiger charge is -2.28. The summed E-state index contributed by atoms with van der Waals surface area (Å²) in [5, 5.41) is 5.96. The molecule has 2 aliphatic rings. The van der Waals surface area contributed by atoms with Gasteiger partial charge in [0, 0.05) is 23.4 Å². The van der Waals surface area contributed by atoms with Crippen molar-refractivity contribution in [1.29, 1.82) is 0 Å². The van der Waals surface area contributed by atoms with E-state index in [-0.39, 0.29) is 18.6 Å². The van der Waals surface area contributed by atoms with Crippen molar-refractivity contribution >= 4 is 17.5 Å². The molecule has 7 nitrogen and oxygen atoms in total. The number of amides is 2. The molecule has 2 unspecified atom stereocenters. The quantitative estimate of drug-likeness (QED) is 0.660. The van der Waals surface area contributed by atoms with Gasteiger partial charge in [-0.25, -0.2) is 0 Å². The van der Waals surface area contributed by atoms with Crippen molar-refractivity contribution in [3.8, 4) is 11.5 Å². The largest absolute Gasteiger partial charge is 0.454 e. The van der Waals surface area contributed by atoms with Gasteiger partial charge in [-0.2, -0.15) is 0 Å². The van der Waals surface area contributed by atoms with Crippen molar-refractivity contribution in [3.63, 3.8) is 0 Å². The molecule has 0 spiro atoms. The molecular weight excluding hydrogens is 394 g/mol. The van der Waals surface area contributed by atoms with Crippen molar-refractivity contribution in [2.24, 2.45) is 17.6 Å². The number of anilines is 1. The molecule has 2 aromatic carbocycles. The van der Waals surface area contributed by atoms with Gasteiger partial charge < -0.3 is 25.8 Å². The van der Waals surface area contributed by atoms with Gasteiger partial charge >= 0.3 is 0 Å². The van der Waals surface area contributed by atoms with Crippen LogP contribution in [-0.4, -0.2) is 31.7 Å². The summed E-state index contributed by atoms with van der Waals surface area (Å²) in [7, 11) is 0. The third-order valence-corrected chi connectivity index (χ3v) is 6.15. The van der Waals surface area contributed by atoms with Crippen LogP contribution in [0.1, 0.15) is 52.0 Å². The van der Waals surface area contributed by atoms with E-state index in [1.807, 2.05) is 6.92 Å². The van der Waals surface area contributed by atoms with Crippen LogP contribution in [0.15, 0.2) is 36.4 Å². The molecule has 4 N–H and O–H groups in total. The summed E-state index contributed by atoms with van der Waals surface area (Å²) >= 11 is 0. The van der Waals surface area contributed by atoms with Gasteiger partial charge in [0.25, 0.3) is 11.8 Å². The van der Waals surface area contributed by atoms with Crippen LogP contribution in [0.2, 0.25) is 0 Å². The maximum atomic E-state index is 12.6. The van der Waals surface area contributed by atoms with E-state index in [1.165, 1.54) is 12.8 Å². The average molecular weight is 424 g/mol. The van der Waals surface area contributed by atoms with Crippen LogP contribution in [0, 0.1) is 18.8 Å². The van der Waals surface area contributed by atoms with E-state index in [0.717, 1.165) is 24.9 Å². The molecule has 2 atom stereocenters. The highest BCUT2D eigenvalue weighted by atomic mass is 16.7. The fraction of sp³-hybridized carbons (Fsp3) is 0.417. The van der Waals surface area contributed by atoms with Crippen LogP contribution in [-0.2, 0) is 0 Å². The van der Waals surface area contributed by atoms with Gasteiger partial charge in [0.15, 0.2) is 11.5 Å². The summed E-state index contributed by atoms with van der Waals surface area (Å²) in [6.07, 6.45) is 4.60. The number of ether oxygens (including phenoxy) is 2. The molecule has 0 bridgehead atoms. The van der Waals surface area contributed by atoms with E-state index in [9.17, 15) is 9.59 Å². The Balaban J connectivity index is 1.35. The molecule has 2 aromatic rings. The summed E-state index contributed by atoms with van der Waals surface area (Å²) in [6.45, 7) is 3.44. The molecule has 1 saturated carbocycles. The third-order valence-electron chi connectivity index (χ3n) is 6.15. The van der Waals surface area contributed by atoms with Crippen molar-refractivity contribution < 1.29 is 19.1 Å². The van der Waals surface area contributed by atoms with Crippen LogP contribution >= 0.6 is 0 Å². The van der Waals surface area contributed by atoms with E-state index in [0.29, 0.717) is 46.7 Å². The van der Waals surface area contributed by atoms with Gasteiger partial charge in [-0.1, -0.05) is 6.42 Å². The fourth-order valence-corrected chi connectivity index (χ4v) is 4.32. The highest BCUT2D eigenvalue weighted by Crippen LogP contribution is 2.33. The number of nitrogens with one attached hydrogen (secondary N) is 2. The van der Waals surface area contributed by atoms with E-state index in [2.05, 4.69) is 10.6 Å². The van der Waals surface area contributed by atoms with Crippen LogP contribution in [0.25, 0.3) is 0 Å². The highest BCUT2D eigenvalue weighted by molar-refractivity contribution is 6.05. The summed E-state index contributed by atoms with van der Waals surface area (Å²) in [6, 6.07) is 10.4. The molecule has 7 heteroatoms. The zero-order chi connectivity index (χ0) is 21.8. The SMILES string of the molecule is Cc1cc(C(=O)NCC2CCCC(CN)C2)ccc1NC(=O)c1ccc2c(c1)OCO2. The number of rotatable bonds is 6. The maximum absolute atomic E-state index is 12.6. The molecular formula is C24H29N3O4. The number of hydrogen-bond donors (Lipinski definition) is 3. The summed E-state index contributed by atoms with van der Waals surface area (Å²) in [4.78, 5) is 25.2. The zero-order valence-corrected chi connectivity index (χ0v) is 17.8. The molecule has 31 heavy (non-hydrogen) atoms. The van der Waals surface area contributed by atoms with E-state index < -0.39 is 0 Å². The molecule has 0 aromatic heterocycles. The molecule has 1 fully saturated rings. The normalized spacial score (nSPS) is 19.7. The predicted octanol–water partition coefficient (Wildman–Crippen LogP) is 3.47. The first-order valence-corrected chi connectivity index (χ1v) is 10.8. The summed E-state index contributed by atoms with van der Waals surface area (Å²) in [5.74, 6) is 1.93. The van der Waals surface area contributed by atoms with Crippen molar-refractivity contribution in [1.82, 2.24) is 5.32 Å². The Labute approximate surface area is 182 Å². The predicted molar refractivity (Wildman–Crippen MR) is 119 cm³/mol. The Morgan fingerprint density at radius 1 is 1.00 bits per heavy atom.